The molecule has 0 saturated carbocycles. The van der Waals surface area contributed by atoms with E-state index in [1.807, 2.05) is 6.07 Å². The van der Waals surface area contributed by atoms with Gasteiger partial charge in [0.1, 0.15) is 17.6 Å². The second kappa shape index (κ2) is 9.03. The number of hydrogen-bond acceptors (Lipinski definition) is 4. The summed E-state index contributed by atoms with van der Waals surface area (Å²) >= 11 is 0. The van der Waals surface area contributed by atoms with Crippen LogP contribution in [0.1, 0.15) is 5.56 Å². The number of benzene rings is 2. The predicted molar refractivity (Wildman–Crippen MR) is 88.3 cm³/mol. The third-order valence-corrected chi connectivity index (χ3v) is 2.94. The van der Waals surface area contributed by atoms with E-state index in [2.05, 4.69) is 10.1 Å². The lowest BCUT2D eigenvalue weighted by atomic mass is 10.2. The van der Waals surface area contributed by atoms with Crippen LogP contribution < -0.4 is 14.8 Å². The van der Waals surface area contributed by atoms with Gasteiger partial charge >= 0.3 is 6.61 Å². The number of carbonyl (C=O) groups is 1. The molecule has 0 saturated heterocycles. The van der Waals surface area contributed by atoms with Crippen LogP contribution in [0.4, 0.5) is 14.5 Å². The van der Waals surface area contributed by atoms with Crippen molar-refractivity contribution in [1.29, 1.82) is 5.26 Å². The minimum absolute atomic E-state index is 0.0470. The van der Waals surface area contributed by atoms with Crippen LogP contribution in [0.25, 0.3) is 6.08 Å². The van der Waals surface area contributed by atoms with Gasteiger partial charge in [0.25, 0.3) is 0 Å². The van der Waals surface area contributed by atoms with Crippen molar-refractivity contribution in [2.24, 2.45) is 0 Å². The van der Waals surface area contributed by atoms with Crippen molar-refractivity contribution in [3.63, 3.8) is 0 Å². The fourth-order valence-corrected chi connectivity index (χ4v) is 1.90. The summed E-state index contributed by atoms with van der Waals surface area (Å²) in [7, 11) is 0. The Bertz CT molecular complexity index is 784. The molecule has 5 nitrogen and oxygen atoms in total. The van der Waals surface area contributed by atoms with Crippen molar-refractivity contribution in [3.05, 3.63) is 60.2 Å². The van der Waals surface area contributed by atoms with Crippen molar-refractivity contribution < 1.29 is 23.0 Å². The van der Waals surface area contributed by atoms with Gasteiger partial charge in [-0.3, -0.25) is 4.79 Å². The molecule has 0 spiro atoms. The first-order valence-corrected chi connectivity index (χ1v) is 7.20. The molecule has 0 unspecified atom stereocenters. The number of alkyl halides is 2. The Balaban J connectivity index is 1.93. The molecule has 0 aromatic heterocycles. The van der Waals surface area contributed by atoms with Gasteiger partial charge in [0.2, 0.25) is 5.91 Å². The third kappa shape index (κ3) is 6.31. The molecule has 7 heteroatoms. The van der Waals surface area contributed by atoms with Crippen LogP contribution in [-0.4, -0.2) is 19.1 Å². The number of nitrogens with zero attached hydrogens (tertiary/aromatic N) is 1. The van der Waals surface area contributed by atoms with Crippen molar-refractivity contribution in [2.45, 2.75) is 6.61 Å². The maximum absolute atomic E-state index is 12.1. The number of nitriles is 1. The molecule has 0 aliphatic rings. The largest absolute Gasteiger partial charge is 0.479 e. The van der Waals surface area contributed by atoms with Crippen LogP contribution in [-0.2, 0) is 4.79 Å². The first-order valence-electron chi connectivity index (χ1n) is 7.20. The molecule has 128 valence electrons. The fourth-order valence-electron chi connectivity index (χ4n) is 1.90. The quantitative estimate of drug-likeness (QED) is 0.775. The summed E-state index contributed by atoms with van der Waals surface area (Å²) in [5.41, 5.74) is 1.17. The topological polar surface area (TPSA) is 71.3 Å². The van der Waals surface area contributed by atoms with E-state index in [0.717, 1.165) is 0 Å². The van der Waals surface area contributed by atoms with Gasteiger partial charge in [0.05, 0.1) is 0 Å². The Labute approximate surface area is 143 Å². The minimum atomic E-state index is -2.87. The molecule has 0 atom stereocenters. The molecule has 2 aromatic rings. The van der Waals surface area contributed by atoms with Gasteiger partial charge < -0.3 is 14.8 Å². The monoisotopic (exact) mass is 344 g/mol. The Morgan fingerprint density at radius 3 is 2.64 bits per heavy atom. The first kappa shape index (κ1) is 17.9. The highest BCUT2D eigenvalue weighted by atomic mass is 19.3. The fraction of sp³-hybridized carbons (Fsp3) is 0.111. The smallest absolute Gasteiger partial charge is 0.387 e. The number of nitrogens with one attached hydrogen (secondary N) is 1. The summed E-state index contributed by atoms with van der Waals surface area (Å²) in [5, 5.41) is 11.1. The Morgan fingerprint density at radius 2 is 1.96 bits per heavy atom. The zero-order valence-corrected chi connectivity index (χ0v) is 13.0. The SMILES string of the molecule is N#CCOc1cccc(NC(=O)/C=C/c2ccc(OC(F)F)cc2)c1. The van der Waals surface area contributed by atoms with E-state index in [1.54, 1.807) is 36.4 Å². The molecule has 0 bridgehead atoms. The maximum atomic E-state index is 12.1. The molecule has 0 aliphatic heterocycles. The highest BCUT2D eigenvalue weighted by Gasteiger charge is 2.03. The van der Waals surface area contributed by atoms with Gasteiger partial charge in [-0.25, -0.2) is 0 Å². The van der Waals surface area contributed by atoms with Gasteiger partial charge in [-0.05, 0) is 35.9 Å². The number of carbonyl (C=O) groups excluding carboxylic acids is 1. The summed E-state index contributed by atoms with van der Waals surface area (Å²) in [6.07, 6.45) is 2.85. The van der Waals surface area contributed by atoms with Crippen molar-refractivity contribution in [2.75, 3.05) is 11.9 Å². The number of halogens is 2. The summed E-state index contributed by atoms with van der Waals surface area (Å²) in [6, 6.07) is 14.4. The average molecular weight is 344 g/mol. The van der Waals surface area contributed by atoms with Gasteiger partial charge in [-0.15, -0.1) is 0 Å². The lowest BCUT2D eigenvalue weighted by Gasteiger charge is -2.06. The van der Waals surface area contributed by atoms with Gasteiger partial charge in [0.15, 0.2) is 6.61 Å². The number of amides is 1. The van der Waals surface area contributed by atoms with E-state index >= 15 is 0 Å². The number of anilines is 1. The zero-order valence-electron chi connectivity index (χ0n) is 13.0. The molecule has 1 N–H and O–H groups in total. The van der Waals surface area contributed by atoms with Crippen LogP contribution in [0.2, 0.25) is 0 Å². The van der Waals surface area contributed by atoms with Crippen LogP contribution in [0, 0.1) is 11.3 Å². The van der Waals surface area contributed by atoms with Crippen molar-refractivity contribution in [1.82, 2.24) is 0 Å². The summed E-state index contributed by atoms with van der Waals surface area (Å²) in [4.78, 5) is 11.9. The predicted octanol–water partition coefficient (Wildman–Crippen LogP) is 3.84. The van der Waals surface area contributed by atoms with E-state index < -0.39 is 6.61 Å². The van der Waals surface area contributed by atoms with E-state index in [4.69, 9.17) is 10.00 Å². The van der Waals surface area contributed by atoms with Crippen LogP contribution in [0.5, 0.6) is 11.5 Å². The van der Waals surface area contributed by atoms with Crippen molar-refractivity contribution >= 4 is 17.7 Å². The molecule has 0 fully saturated rings. The van der Waals surface area contributed by atoms with Gasteiger partial charge in [-0.1, -0.05) is 18.2 Å². The average Bonchev–Trinajstić information content (AvgIpc) is 2.59. The number of ether oxygens (including phenoxy) is 2. The first-order chi connectivity index (χ1) is 12.1. The lowest BCUT2D eigenvalue weighted by molar-refractivity contribution is -0.111. The molecule has 25 heavy (non-hydrogen) atoms. The Hall–Kier alpha value is -3.40. The van der Waals surface area contributed by atoms with Crippen LogP contribution in [0.15, 0.2) is 54.6 Å². The molecule has 0 aliphatic carbocycles. The van der Waals surface area contributed by atoms with E-state index in [0.29, 0.717) is 17.0 Å². The number of rotatable bonds is 7. The van der Waals surface area contributed by atoms with Gasteiger partial charge in [0, 0.05) is 17.8 Å². The number of hydrogen-bond donors (Lipinski definition) is 1. The molecule has 2 rings (SSSR count). The molecular formula is C18H14F2N2O3. The Kier molecular flexibility index (Phi) is 6.48. The molecule has 2 aromatic carbocycles. The van der Waals surface area contributed by atoms with Gasteiger partial charge in [-0.2, -0.15) is 14.0 Å². The standard InChI is InChI=1S/C18H14F2N2O3/c19-18(20)25-15-7-4-13(5-8-15)6-9-17(23)22-14-2-1-3-16(12-14)24-11-10-21/h1-9,12,18H,11H2,(H,22,23)/b9-6+. The highest BCUT2D eigenvalue weighted by molar-refractivity contribution is 6.02. The zero-order chi connectivity index (χ0) is 18.1. The second-order valence-corrected chi connectivity index (χ2v) is 4.74. The highest BCUT2D eigenvalue weighted by Crippen LogP contribution is 2.18. The van der Waals surface area contributed by atoms with Crippen molar-refractivity contribution in [3.8, 4) is 17.6 Å². The normalized spacial score (nSPS) is 10.5. The summed E-state index contributed by atoms with van der Waals surface area (Å²) < 4.78 is 33.5. The summed E-state index contributed by atoms with van der Waals surface area (Å²) in [5.74, 6) is 0.147. The molecule has 1 amide bonds. The Morgan fingerprint density at radius 1 is 1.20 bits per heavy atom. The second-order valence-electron chi connectivity index (χ2n) is 4.74. The third-order valence-electron chi connectivity index (χ3n) is 2.94. The van der Waals surface area contributed by atoms with E-state index in [9.17, 15) is 13.6 Å². The van der Waals surface area contributed by atoms with E-state index in [-0.39, 0.29) is 18.3 Å². The van der Waals surface area contributed by atoms with E-state index in [1.165, 1.54) is 24.3 Å². The van der Waals surface area contributed by atoms with Crippen LogP contribution in [0.3, 0.4) is 0 Å². The molecular weight excluding hydrogens is 330 g/mol. The van der Waals surface area contributed by atoms with Crippen LogP contribution >= 0.6 is 0 Å². The minimum Gasteiger partial charge on any atom is -0.479 e. The lowest BCUT2D eigenvalue weighted by Crippen LogP contribution is -2.07. The maximum Gasteiger partial charge on any atom is 0.387 e. The summed E-state index contributed by atoms with van der Waals surface area (Å²) in [6.45, 7) is -2.96. The molecule has 0 radical (unpaired) electrons. The molecule has 0 heterocycles.